The van der Waals surface area contributed by atoms with Gasteiger partial charge in [0.25, 0.3) is 5.91 Å². The molecule has 0 bridgehead atoms. The first kappa shape index (κ1) is 21.5. The molecule has 35 heavy (non-hydrogen) atoms. The Balaban J connectivity index is 1.17. The summed E-state index contributed by atoms with van der Waals surface area (Å²) in [6.45, 7) is 1.38. The molecule has 6 rings (SSSR count). The fourth-order valence-corrected chi connectivity index (χ4v) is 5.03. The van der Waals surface area contributed by atoms with E-state index in [0.29, 0.717) is 49.2 Å². The summed E-state index contributed by atoms with van der Waals surface area (Å²) >= 11 is 0. The van der Waals surface area contributed by atoms with Crippen molar-refractivity contribution in [1.29, 1.82) is 0 Å². The van der Waals surface area contributed by atoms with Gasteiger partial charge in [-0.3, -0.25) is 14.1 Å². The highest BCUT2D eigenvalue weighted by atomic mass is 16.5. The van der Waals surface area contributed by atoms with Crippen molar-refractivity contribution < 1.29 is 24.2 Å². The number of amides is 1. The molecule has 1 unspecified atom stereocenters. The topological polar surface area (TPSA) is 106 Å². The summed E-state index contributed by atoms with van der Waals surface area (Å²) in [7, 11) is 0. The molecule has 3 aliphatic rings. The fraction of sp³-hybridized carbons (Fsp3) is 0.308. The maximum atomic E-state index is 12.6. The molecule has 0 spiro atoms. The van der Waals surface area contributed by atoms with E-state index in [-0.39, 0.29) is 17.6 Å². The lowest BCUT2D eigenvalue weighted by molar-refractivity contribution is -0.142. The maximum Gasteiger partial charge on any atom is 0.352 e. The lowest BCUT2D eigenvalue weighted by Gasteiger charge is -2.38. The zero-order valence-corrected chi connectivity index (χ0v) is 19.0. The zero-order valence-electron chi connectivity index (χ0n) is 19.0. The second-order valence-electron chi connectivity index (χ2n) is 8.84. The second kappa shape index (κ2) is 8.66. The van der Waals surface area contributed by atoms with Gasteiger partial charge in [0.15, 0.2) is 0 Å². The molecule has 1 aliphatic carbocycles. The van der Waals surface area contributed by atoms with Crippen LogP contribution in [0.15, 0.2) is 53.9 Å². The second-order valence-corrected chi connectivity index (χ2v) is 8.84. The standard InChI is InChI=1S/C26H24N4O5/c31-24-19(21-9-10-22(25(32)33)30(21)24)13-17-14-29-20-8-4-7-18(20)23(28-26(29)27-17)35-12-11-34-15-16-5-2-1-3-6-16/h1-3,5-6,10,13-14,21H,4,7-9,11-12,15H2,(H,32,33). The number of aryl methyl sites for hydroxylation is 1. The Kier molecular flexibility index (Phi) is 5.33. The molecule has 3 aromatic rings. The average molecular weight is 473 g/mol. The molecule has 1 aromatic carbocycles. The van der Waals surface area contributed by atoms with Crippen molar-refractivity contribution in [1.82, 2.24) is 19.3 Å². The Morgan fingerprint density at radius 1 is 1.17 bits per heavy atom. The molecule has 9 heteroatoms. The Hall–Kier alpha value is -3.98. The number of aliphatic carboxylic acids is 1. The van der Waals surface area contributed by atoms with E-state index in [1.807, 2.05) is 40.9 Å². The Bertz CT molecular complexity index is 1390. The number of nitrogens with zero attached hydrogens (tertiary/aromatic N) is 4. The summed E-state index contributed by atoms with van der Waals surface area (Å²) in [5, 5.41) is 9.26. The molecular formula is C26H24N4O5. The van der Waals surface area contributed by atoms with Crippen molar-refractivity contribution in [3.63, 3.8) is 0 Å². The van der Waals surface area contributed by atoms with Gasteiger partial charge in [0.1, 0.15) is 12.3 Å². The van der Waals surface area contributed by atoms with Crippen LogP contribution in [0.2, 0.25) is 0 Å². The minimum absolute atomic E-state index is 0.0566. The Morgan fingerprint density at radius 3 is 2.86 bits per heavy atom. The summed E-state index contributed by atoms with van der Waals surface area (Å²) in [5.74, 6) is -0.242. The lowest BCUT2D eigenvalue weighted by atomic mass is 9.94. The van der Waals surface area contributed by atoms with Gasteiger partial charge in [0.2, 0.25) is 11.7 Å². The molecule has 1 amide bonds. The van der Waals surface area contributed by atoms with Crippen LogP contribution in [0, 0.1) is 0 Å². The number of fused-ring (bicyclic) bond motifs is 4. The predicted octanol–water partition coefficient (Wildman–Crippen LogP) is 2.78. The number of aromatic nitrogens is 3. The van der Waals surface area contributed by atoms with Gasteiger partial charge in [0, 0.05) is 23.0 Å². The summed E-state index contributed by atoms with van der Waals surface area (Å²) in [4.78, 5) is 34.5. The van der Waals surface area contributed by atoms with Gasteiger partial charge >= 0.3 is 5.97 Å². The summed E-state index contributed by atoms with van der Waals surface area (Å²) in [6.07, 6.45) is 8.56. The summed E-state index contributed by atoms with van der Waals surface area (Å²) in [6, 6.07) is 9.77. The molecule has 0 saturated carbocycles. The minimum Gasteiger partial charge on any atom is -0.477 e. The van der Waals surface area contributed by atoms with Crippen molar-refractivity contribution >= 4 is 23.7 Å². The molecule has 9 nitrogen and oxygen atoms in total. The molecule has 2 aromatic heterocycles. The first-order valence-electron chi connectivity index (χ1n) is 11.7. The highest BCUT2D eigenvalue weighted by molar-refractivity contribution is 6.11. The third-order valence-corrected chi connectivity index (χ3v) is 6.68. The van der Waals surface area contributed by atoms with Gasteiger partial charge < -0.3 is 14.6 Å². The fourth-order valence-electron chi connectivity index (χ4n) is 5.03. The summed E-state index contributed by atoms with van der Waals surface area (Å²) < 4.78 is 13.7. The number of ether oxygens (including phenoxy) is 2. The smallest absolute Gasteiger partial charge is 0.352 e. The van der Waals surface area contributed by atoms with Crippen LogP contribution in [0.1, 0.15) is 35.4 Å². The van der Waals surface area contributed by atoms with Crippen LogP contribution < -0.4 is 4.74 Å². The third kappa shape index (κ3) is 3.77. The highest BCUT2D eigenvalue weighted by Crippen LogP contribution is 2.39. The number of hydrogen-bond donors (Lipinski definition) is 1. The third-order valence-electron chi connectivity index (χ3n) is 6.68. The Labute approximate surface area is 201 Å². The number of carbonyl (C=O) groups is 2. The van der Waals surface area contributed by atoms with Crippen LogP contribution in [0.3, 0.4) is 0 Å². The van der Waals surface area contributed by atoms with Crippen molar-refractivity contribution in [2.45, 2.75) is 38.3 Å². The Morgan fingerprint density at radius 2 is 2.03 bits per heavy atom. The predicted molar refractivity (Wildman–Crippen MR) is 126 cm³/mol. The number of β-lactam (4-membered cyclic amide) rings is 1. The van der Waals surface area contributed by atoms with Gasteiger partial charge in [-0.1, -0.05) is 36.4 Å². The monoisotopic (exact) mass is 472 g/mol. The normalized spacial score (nSPS) is 19.6. The quantitative estimate of drug-likeness (QED) is 0.305. The molecule has 2 aliphatic heterocycles. The van der Waals surface area contributed by atoms with E-state index in [4.69, 9.17) is 9.47 Å². The van der Waals surface area contributed by atoms with Crippen molar-refractivity contribution in [2.24, 2.45) is 0 Å². The number of hydrogen-bond acceptors (Lipinski definition) is 6. The number of benzene rings is 1. The van der Waals surface area contributed by atoms with E-state index in [2.05, 4.69) is 9.97 Å². The number of rotatable bonds is 8. The van der Waals surface area contributed by atoms with Gasteiger partial charge in [0.05, 0.1) is 24.9 Å². The molecular weight excluding hydrogens is 448 g/mol. The van der Waals surface area contributed by atoms with Crippen LogP contribution in [-0.4, -0.2) is 55.5 Å². The molecule has 1 N–H and O–H groups in total. The highest BCUT2D eigenvalue weighted by Gasteiger charge is 2.48. The van der Waals surface area contributed by atoms with Crippen molar-refractivity contribution in [3.05, 3.63) is 76.4 Å². The van der Waals surface area contributed by atoms with Crippen LogP contribution in [0.4, 0.5) is 0 Å². The number of imidazole rings is 1. The average Bonchev–Trinajstić information content (AvgIpc) is 3.59. The van der Waals surface area contributed by atoms with Crippen LogP contribution in [0.25, 0.3) is 11.9 Å². The van der Waals surface area contributed by atoms with Crippen molar-refractivity contribution in [2.75, 3.05) is 13.2 Å². The number of carbonyl (C=O) groups excluding carboxylic acids is 1. The lowest BCUT2D eigenvalue weighted by Crippen LogP contribution is -2.52. The molecule has 1 atom stereocenters. The SMILES string of the molecule is O=C(O)C1=CCC2C(=Cc3cn4c5c(c(OCCOCc6ccccc6)nc4n3)CCC5)C(=O)N12. The van der Waals surface area contributed by atoms with Crippen LogP contribution >= 0.6 is 0 Å². The van der Waals surface area contributed by atoms with Crippen LogP contribution in [-0.2, 0) is 33.8 Å². The molecule has 1 saturated heterocycles. The molecule has 178 valence electrons. The van der Waals surface area contributed by atoms with E-state index >= 15 is 0 Å². The van der Waals surface area contributed by atoms with E-state index < -0.39 is 5.97 Å². The first-order chi connectivity index (χ1) is 17.1. The van der Waals surface area contributed by atoms with Gasteiger partial charge in [-0.2, -0.15) is 4.98 Å². The minimum atomic E-state index is -1.08. The molecule has 4 heterocycles. The summed E-state index contributed by atoms with van der Waals surface area (Å²) in [5.41, 5.74) is 4.60. The van der Waals surface area contributed by atoms with Gasteiger partial charge in [-0.15, -0.1) is 0 Å². The van der Waals surface area contributed by atoms with Gasteiger partial charge in [-0.25, -0.2) is 9.78 Å². The maximum absolute atomic E-state index is 12.6. The number of carboxylic acid groups (broad SMARTS) is 1. The molecule has 1 fully saturated rings. The van der Waals surface area contributed by atoms with E-state index in [1.54, 1.807) is 12.2 Å². The number of carboxylic acids is 1. The van der Waals surface area contributed by atoms with E-state index in [0.717, 1.165) is 36.1 Å². The van der Waals surface area contributed by atoms with Gasteiger partial charge in [-0.05, 0) is 37.3 Å². The zero-order chi connectivity index (χ0) is 23.9. The van der Waals surface area contributed by atoms with Crippen LogP contribution in [0.5, 0.6) is 5.88 Å². The van der Waals surface area contributed by atoms with Crippen molar-refractivity contribution in [3.8, 4) is 5.88 Å². The largest absolute Gasteiger partial charge is 0.477 e. The van der Waals surface area contributed by atoms with E-state index in [1.165, 1.54) is 4.90 Å². The molecule has 0 radical (unpaired) electrons. The van der Waals surface area contributed by atoms with E-state index in [9.17, 15) is 14.7 Å². The first-order valence-corrected chi connectivity index (χ1v) is 11.7.